The zero-order chi connectivity index (χ0) is 16.5. The summed E-state index contributed by atoms with van der Waals surface area (Å²) < 4.78 is 54.5. The summed E-state index contributed by atoms with van der Waals surface area (Å²) in [5, 5.41) is 2.38. The molecule has 1 aliphatic carbocycles. The SMILES string of the molecule is CC(C)CNC(=O)c1c(F)ccc(S(=O)(=O)NC2CC2)c1F. The molecule has 0 bridgehead atoms. The Morgan fingerprint density at radius 2 is 1.95 bits per heavy atom. The molecule has 1 saturated carbocycles. The normalized spacial score (nSPS) is 15.1. The van der Waals surface area contributed by atoms with E-state index in [0.717, 1.165) is 12.1 Å². The molecule has 122 valence electrons. The summed E-state index contributed by atoms with van der Waals surface area (Å²) in [4.78, 5) is 11.2. The molecule has 1 aromatic rings. The van der Waals surface area contributed by atoms with Gasteiger partial charge < -0.3 is 5.32 Å². The lowest BCUT2D eigenvalue weighted by atomic mass is 10.1. The third-order valence-electron chi connectivity index (χ3n) is 3.14. The van der Waals surface area contributed by atoms with Gasteiger partial charge in [-0.3, -0.25) is 4.79 Å². The number of carbonyl (C=O) groups excluding carboxylic acids is 1. The first-order valence-electron chi connectivity index (χ1n) is 7.01. The molecule has 0 heterocycles. The molecular weight excluding hydrogens is 314 g/mol. The third-order valence-corrected chi connectivity index (χ3v) is 4.68. The van der Waals surface area contributed by atoms with Gasteiger partial charge in [-0.25, -0.2) is 21.9 Å². The number of nitrogens with one attached hydrogen (secondary N) is 2. The van der Waals surface area contributed by atoms with Gasteiger partial charge >= 0.3 is 0 Å². The zero-order valence-corrected chi connectivity index (χ0v) is 13.1. The van der Waals surface area contributed by atoms with Crippen LogP contribution in [-0.2, 0) is 10.0 Å². The van der Waals surface area contributed by atoms with Gasteiger partial charge in [-0.1, -0.05) is 13.8 Å². The van der Waals surface area contributed by atoms with Crippen LogP contribution in [0.25, 0.3) is 0 Å². The van der Waals surface area contributed by atoms with Crippen LogP contribution < -0.4 is 10.0 Å². The van der Waals surface area contributed by atoms with Crippen LogP contribution >= 0.6 is 0 Å². The molecule has 8 heteroatoms. The summed E-state index contributed by atoms with van der Waals surface area (Å²) in [6.07, 6.45) is 1.37. The second-order valence-corrected chi connectivity index (χ2v) is 7.42. The van der Waals surface area contributed by atoms with Crippen molar-refractivity contribution in [3.8, 4) is 0 Å². The molecule has 5 nitrogen and oxygen atoms in total. The van der Waals surface area contributed by atoms with Crippen molar-refractivity contribution in [2.75, 3.05) is 6.54 Å². The van der Waals surface area contributed by atoms with E-state index in [9.17, 15) is 22.0 Å². The Kier molecular flexibility index (Phi) is 4.81. The minimum absolute atomic E-state index is 0.0959. The highest BCUT2D eigenvalue weighted by atomic mass is 32.2. The second-order valence-electron chi connectivity index (χ2n) is 5.73. The molecule has 1 aromatic carbocycles. The molecule has 22 heavy (non-hydrogen) atoms. The fourth-order valence-corrected chi connectivity index (χ4v) is 3.21. The highest BCUT2D eigenvalue weighted by molar-refractivity contribution is 7.89. The first-order valence-corrected chi connectivity index (χ1v) is 8.49. The summed E-state index contributed by atoms with van der Waals surface area (Å²) >= 11 is 0. The molecule has 1 amide bonds. The number of rotatable bonds is 6. The highest BCUT2D eigenvalue weighted by Crippen LogP contribution is 2.25. The van der Waals surface area contributed by atoms with Gasteiger partial charge in [-0.2, -0.15) is 0 Å². The molecule has 0 spiro atoms. The lowest BCUT2D eigenvalue weighted by Gasteiger charge is -2.12. The van der Waals surface area contributed by atoms with E-state index in [2.05, 4.69) is 10.0 Å². The molecule has 2 N–H and O–H groups in total. The third kappa shape index (κ3) is 3.80. The van der Waals surface area contributed by atoms with E-state index in [0.29, 0.717) is 12.8 Å². The van der Waals surface area contributed by atoms with E-state index in [1.165, 1.54) is 0 Å². The first kappa shape index (κ1) is 16.8. The minimum Gasteiger partial charge on any atom is -0.352 e. The van der Waals surface area contributed by atoms with Gasteiger partial charge in [0.15, 0.2) is 5.82 Å². The van der Waals surface area contributed by atoms with Crippen LogP contribution in [0.1, 0.15) is 37.0 Å². The van der Waals surface area contributed by atoms with Crippen LogP contribution in [0.5, 0.6) is 0 Å². The van der Waals surface area contributed by atoms with E-state index in [4.69, 9.17) is 0 Å². The molecule has 0 atom stereocenters. The maximum Gasteiger partial charge on any atom is 0.257 e. The Bertz CT molecular complexity index is 686. The van der Waals surface area contributed by atoms with Crippen LogP contribution in [0.15, 0.2) is 17.0 Å². The predicted molar refractivity (Wildman–Crippen MR) is 76.9 cm³/mol. The fraction of sp³-hybridized carbons (Fsp3) is 0.500. The summed E-state index contributed by atoms with van der Waals surface area (Å²) in [7, 11) is -4.10. The minimum atomic E-state index is -4.10. The Balaban J connectivity index is 2.34. The largest absolute Gasteiger partial charge is 0.352 e. The number of benzene rings is 1. The monoisotopic (exact) mass is 332 g/mol. The summed E-state index contributed by atoms with van der Waals surface area (Å²) in [5.41, 5.74) is -0.876. The van der Waals surface area contributed by atoms with E-state index >= 15 is 0 Å². The Morgan fingerprint density at radius 1 is 1.32 bits per heavy atom. The number of hydrogen-bond donors (Lipinski definition) is 2. The van der Waals surface area contributed by atoms with Gasteiger partial charge in [0.1, 0.15) is 16.3 Å². The first-order chi connectivity index (χ1) is 10.2. The number of carbonyl (C=O) groups is 1. The molecule has 1 aliphatic rings. The van der Waals surface area contributed by atoms with Crippen LogP contribution in [0, 0.1) is 17.6 Å². The summed E-state index contributed by atoms with van der Waals surface area (Å²) in [6.45, 7) is 3.88. The van der Waals surface area contributed by atoms with Crippen LogP contribution in [0.2, 0.25) is 0 Å². The maximum atomic E-state index is 14.4. The Morgan fingerprint density at radius 3 is 2.50 bits per heavy atom. The van der Waals surface area contributed by atoms with E-state index < -0.39 is 38.0 Å². The van der Waals surface area contributed by atoms with Crippen molar-refractivity contribution < 1.29 is 22.0 Å². The van der Waals surface area contributed by atoms with Gasteiger partial charge in [-0.05, 0) is 30.9 Å². The van der Waals surface area contributed by atoms with Crippen molar-refractivity contribution in [1.82, 2.24) is 10.0 Å². The molecule has 0 aromatic heterocycles. The molecule has 0 unspecified atom stereocenters. The van der Waals surface area contributed by atoms with Crippen molar-refractivity contribution >= 4 is 15.9 Å². The molecule has 1 fully saturated rings. The van der Waals surface area contributed by atoms with Gasteiger partial charge in [0, 0.05) is 12.6 Å². The van der Waals surface area contributed by atoms with Crippen LogP contribution in [-0.4, -0.2) is 26.9 Å². The molecular formula is C14H18F2N2O3S. The van der Waals surface area contributed by atoms with E-state index in [1.807, 2.05) is 13.8 Å². The summed E-state index contributed by atoms with van der Waals surface area (Å²) in [5.74, 6) is -3.33. The van der Waals surface area contributed by atoms with Gasteiger partial charge in [0.2, 0.25) is 10.0 Å². The molecule has 2 rings (SSSR count). The van der Waals surface area contributed by atoms with Crippen molar-refractivity contribution in [1.29, 1.82) is 0 Å². The van der Waals surface area contributed by atoms with Gasteiger partial charge in [0.25, 0.3) is 5.91 Å². The average molecular weight is 332 g/mol. The Labute approximate surface area is 128 Å². The highest BCUT2D eigenvalue weighted by Gasteiger charge is 2.32. The number of amides is 1. The number of hydrogen-bond acceptors (Lipinski definition) is 3. The maximum absolute atomic E-state index is 14.4. The van der Waals surface area contributed by atoms with Crippen molar-refractivity contribution in [2.45, 2.75) is 37.6 Å². The van der Waals surface area contributed by atoms with E-state index in [1.54, 1.807) is 0 Å². The number of halogens is 2. The molecule has 0 radical (unpaired) electrons. The quantitative estimate of drug-likeness (QED) is 0.834. The van der Waals surface area contributed by atoms with Crippen molar-refractivity contribution in [2.24, 2.45) is 5.92 Å². The smallest absolute Gasteiger partial charge is 0.257 e. The second kappa shape index (κ2) is 6.29. The van der Waals surface area contributed by atoms with Crippen LogP contribution in [0.4, 0.5) is 8.78 Å². The summed E-state index contributed by atoms with van der Waals surface area (Å²) in [6, 6.07) is 1.40. The van der Waals surface area contributed by atoms with Gasteiger partial charge in [0.05, 0.1) is 0 Å². The topological polar surface area (TPSA) is 75.3 Å². The van der Waals surface area contributed by atoms with Crippen molar-refractivity contribution in [3.63, 3.8) is 0 Å². The van der Waals surface area contributed by atoms with Crippen LogP contribution in [0.3, 0.4) is 0 Å². The van der Waals surface area contributed by atoms with Crippen molar-refractivity contribution in [3.05, 3.63) is 29.3 Å². The fourth-order valence-electron chi connectivity index (χ4n) is 1.82. The standard InChI is InChI=1S/C14H18F2N2O3S/c1-8(2)7-17-14(19)12-10(15)5-6-11(13(12)16)22(20,21)18-9-3-4-9/h5-6,8-9,18H,3-4,7H2,1-2H3,(H,17,19). The predicted octanol–water partition coefficient (Wildman–Crippen LogP) is 1.79. The lowest BCUT2D eigenvalue weighted by molar-refractivity contribution is 0.0940. The molecule has 0 saturated heterocycles. The zero-order valence-electron chi connectivity index (χ0n) is 12.3. The molecule has 0 aliphatic heterocycles. The Hall–Kier alpha value is -1.54. The number of sulfonamides is 1. The lowest BCUT2D eigenvalue weighted by Crippen LogP contribution is -2.31. The van der Waals surface area contributed by atoms with E-state index in [-0.39, 0.29) is 18.5 Å². The average Bonchev–Trinajstić information content (AvgIpc) is 3.19. The van der Waals surface area contributed by atoms with Gasteiger partial charge in [-0.15, -0.1) is 0 Å².